The van der Waals surface area contributed by atoms with Crippen LogP contribution in [0.25, 0.3) is 0 Å². The first-order valence-corrected chi connectivity index (χ1v) is 6.29. The summed E-state index contributed by atoms with van der Waals surface area (Å²) in [7, 11) is 3.03. The summed E-state index contributed by atoms with van der Waals surface area (Å²) >= 11 is 0. The number of hydrogen-bond acceptors (Lipinski definition) is 5. The Balaban J connectivity index is 2.36. The van der Waals surface area contributed by atoms with Crippen molar-refractivity contribution in [1.82, 2.24) is 5.32 Å². The van der Waals surface area contributed by atoms with Gasteiger partial charge in [0, 0.05) is 25.6 Å². The standard InChI is InChI=1S/C14H19NO4/c1-17-10-8-15-14(13(16)18-2)7-9-19-12-6-4-3-5-11(12)14/h3-6,15H,7-10H2,1-2H3. The molecule has 0 spiro atoms. The van der Waals surface area contributed by atoms with Gasteiger partial charge in [-0.1, -0.05) is 18.2 Å². The van der Waals surface area contributed by atoms with Crippen molar-refractivity contribution in [1.29, 1.82) is 0 Å². The Morgan fingerprint density at radius 1 is 1.42 bits per heavy atom. The van der Waals surface area contributed by atoms with Crippen molar-refractivity contribution in [3.63, 3.8) is 0 Å². The molecule has 1 heterocycles. The van der Waals surface area contributed by atoms with Crippen LogP contribution in [0, 0.1) is 0 Å². The van der Waals surface area contributed by atoms with E-state index in [-0.39, 0.29) is 5.97 Å². The molecule has 1 atom stereocenters. The van der Waals surface area contributed by atoms with E-state index in [9.17, 15) is 4.79 Å². The minimum absolute atomic E-state index is 0.292. The smallest absolute Gasteiger partial charge is 0.331 e. The molecule has 0 saturated carbocycles. The van der Waals surface area contributed by atoms with Crippen LogP contribution >= 0.6 is 0 Å². The van der Waals surface area contributed by atoms with Gasteiger partial charge in [-0.15, -0.1) is 0 Å². The lowest BCUT2D eigenvalue weighted by Gasteiger charge is -2.37. The van der Waals surface area contributed by atoms with Crippen LogP contribution in [0.3, 0.4) is 0 Å². The lowest BCUT2D eigenvalue weighted by molar-refractivity contribution is -0.150. The topological polar surface area (TPSA) is 56.8 Å². The third kappa shape index (κ3) is 2.57. The van der Waals surface area contributed by atoms with Crippen molar-refractivity contribution in [2.45, 2.75) is 12.0 Å². The zero-order chi connectivity index (χ0) is 13.7. The second-order valence-electron chi connectivity index (χ2n) is 4.41. The van der Waals surface area contributed by atoms with Crippen LogP contribution < -0.4 is 10.1 Å². The van der Waals surface area contributed by atoms with E-state index in [1.54, 1.807) is 7.11 Å². The molecule has 0 saturated heterocycles. The van der Waals surface area contributed by atoms with Crippen molar-refractivity contribution >= 4 is 5.97 Å². The second kappa shape index (κ2) is 6.04. The predicted molar refractivity (Wildman–Crippen MR) is 70.1 cm³/mol. The van der Waals surface area contributed by atoms with Gasteiger partial charge in [0.15, 0.2) is 0 Å². The maximum atomic E-state index is 12.3. The monoisotopic (exact) mass is 265 g/mol. The van der Waals surface area contributed by atoms with Crippen molar-refractivity contribution in [3.8, 4) is 5.75 Å². The Morgan fingerprint density at radius 3 is 2.95 bits per heavy atom. The molecule has 1 aliphatic rings. The number of ether oxygens (including phenoxy) is 3. The third-order valence-electron chi connectivity index (χ3n) is 3.35. The summed E-state index contributed by atoms with van der Waals surface area (Å²) in [4.78, 5) is 12.3. The molecule has 1 aromatic rings. The normalized spacial score (nSPS) is 21.4. The highest BCUT2D eigenvalue weighted by Crippen LogP contribution is 2.37. The van der Waals surface area contributed by atoms with Crippen molar-refractivity contribution in [2.24, 2.45) is 0 Å². The molecule has 19 heavy (non-hydrogen) atoms. The summed E-state index contributed by atoms with van der Waals surface area (Å²) in [5.41, 5.74) is -0.0218. The summed E-state index contributed by atoms with van der Waals surface area (Å²) in [5.74, 6) is 0.434. The van der Waals surface area contributed by atoms with Gasteiger partial charge in [0.1, 0.15) is 11.3 Å². The summed E-state index contributed by atoms with van der Waals surface area (Å²) in [6.45, 7) is 1.58. The highest BCUT2D eigenvalue weighted by atomic mass is 16.5. The average Bonchev–Trinajstić information content (AvgIpc) is 2.47. The van der Waals surface area contributed by atoms with E-state index in [1.165, 1.54) is 7.11 Å². The van der Waals surface area contributed by atoms with Crippen molar-refractivity contribution in [3.05, 3.63) is 29.8 Å². The van der Waals surface area contributed by atoms with Gasteiger partial charge in [-0.2, -0.15) is 0 Å². The number of benzene rings is 1. The molecule has 1 aliphatic heterocycles. The molecule has 0 amide bonds. The largest absolute Gasteiger partial charge is 0.493 e. The number of esters is 1. The quantitative estimate of drug-likeness (QED) is 0.637. The molecule has 1 unspecified atom stereocenters. The Hall–Kier alpha value is -1.59. The second-order valence-corrected chi connectivity index (χ2v) is 4.41. The summed E-state index contributed by atoms with van der Waals surface area (Å²) in [6.07, 6.45) is 0.542. The summed E-state index contributed by atoms with van der Waals surface area (Å²) in [6, 6.07) is 7.54. The molecule has 5 nitrogen and oxygen atoms in total. The molecular formula is C14H19NO4. The lowest BCUT2D eigenvalue weighted by Crippen LogP contribution is -2.53. The SMILES string of the molecule is COCCNC1(C(=O)OC)CCOc2ccccc21. The number of carbonyl (C=O) groups is 1. The van der Waals surface area contributed by atoms with Gasteiger partial charge in [0.25, 0.3) is 0 Å². The van der Waals surface area contributed by atoms with Gasteiger partial charge in [-0.05, 0) is 6.07 Å². The number of methoxy groups -OCH3 is 2. The average molecular weight is 265 g/mol. The highest BCUT2D eigenvalue weighted by Gasteiger charge is 2.45. The van der Waals surface area contributed by atoms with Crippen molar-refractivity contribution in [2.75, 3.05) is 34.0 Å². The first kappa shape index (κ1) is 13.8. The van der Waals surface area contributed by atoms with E-state index in [1.807, 2.05) is 24.3 Å². The molecular weight excluding hydrogens is 246 g/mol. The number of fused-ring (bicyclic) bond motifs is 1. The van der Waals surface area contributed by atoms with Gasteiger partial charge in [-0.25, -0.2) is 4.79 Å². The molecule has 0 aliphatic carbocycles. The van der Waals surface area contributed by atoms with Crippen LogP contribution in [0.5, 0.6) is 5.75 Å². The molecule has 0 fully saturated rings. The molecule has 1 N–H and O–H groups in total. The molecule has 0 radical (unpaired) electrons. The zero-order valence-corrected chi connectivity index (χ0v) is 11.3. The molecule has 0 aromatic heterocycles. The fourth-order valence-electron chi connectivity index (χ4n) is 2.40. The summed E-state index contributed by atoms with van der Waals surface area (Å²) in [5, 5.41) is 3.26. The maximum Gasteiger partial charge on any atom is 0.331 e. The Bertz CT molecular complexity index is 449. The van der Waals surface area contributed by atoms with E-state index >= 15 is 0 Å². The van der Waals surface area contributed by atoms with Crippen LogP contribution in [0.1, 0.15) is 12.0 Å². The minimum atomic E-state index is -0.845. The fourth-order valence-corrected chi connectivity index (χ4v) is 2.40. The van der Waals surface area contributed by atoms with Crippen LogP contribution in [0.4, 0.5) is 0 Å². The maximum absolute atomic E-state index is 12.3. The molecule has 104 valence electrons. The van der Waals surface area contributed by atoms with E-state index in [2.05, 4.69) is 5.32 Å². The third-order valence-corrected chi connectivity index (χ3v) is 3.35. The van der Waals surface area contributed by atoms with Gasteiger partial charge in [0.05, 0.1) is 20.3 Å². The zero-order valence-electron chi connectivity index (χ0n) is 11.3. The highest BCUT2D eigenvalue weighted by molar-refractivity contribution is 5.84. The van der Waals surface area contributed by atoms with Gasteiger partial charge >= 0.3 is 5.97 Å². The van der Waals surface area contributed by atoms with Crippen LogP contribution in [-0.2, 0) is 19.8 Å². The Morgan fingerprint density at radius 2 is 2.21 bits per heavy atom. The lowest BCUT2D eigenvalue weighted by atomic mass is 9.84. The Kier molecular flexibility index (Phi) is 4.39. The minimum Gasteiger partial charge on any atom is -0.493 e. The summed E-state index contributed by atoms with van der Waals surface area (Å²) < 4.78 is 15.6. The van der Waals surface area contributed by atoms with E-state index < -0.39 is 5.54 Å². The van der Waals surface area contributed by atoms with Gasteiger partial charge in [0.2, 0.25) is 0 Å². The van der Waals surface area contributed by atoms with Gasteiger partial charge < -0.3 is 14.2 Å². The fraction of sp³-hybridized carbons (Fsp3) is 0.500. The van der Waals surface area contributed by atoms with Crippen LogP contribution in [0.2, 0.25) is 0 Å². The first-order chi connectivity index (χ1) is 9.24. The number of rotatable bonds is 5. The molecule has 1 aromatic carbocycles. The number of hydrogen-bond donors (Lipinski definition) is 1. The predicted octanol–water partition coefficient (Wildman–Crippen LogP) is 1.07. The number of nitrogens with one attached hydrogen (secondary N) is 1. The first-order valence-electron chi connectivity index (χ1n) is 6.29. The van der Waals surface area contributed by atoms with Crippen LogP contribution in [-0.4, -0.2) is 39.9 Å². The Labute approximate surface area is 112 Å². The van der Waals surface area contributed by atoms with Crippen LogP contribution in [0.15, 0.2) is 24.3 Å². The van der Waals surface area contributed by atoms with Gasteiger partial charge in [-0.3, -0.25) is 5.32 Å². The van der Waals surface area contributed by atoms with E-state index in [4.69, 9.17) is 14.2 Å². The number of para-hydroxylation sites is 1. The molecule has 2 rings (SSSR count). The molecule has 0 bridgehead atoms. The number of carbonyl (C=O) groups excluding carboxylic acids is 1. The van der Waals surface area contributed by atoms with E-state index in [0.717, 1.165) is 11.3 Å². The van der Waals surface area contributed by atoms with E-state index in [0.29, 0.717) is 26.2 Å². The van der Waals surface area contributed by atoms with Crippen molar-refractivity contribution < 1.29 is 19.0 Å². The molecule has 5 heteroatoms.